The van der Waals surface area contributed by atoms with Crippen LogP contribution in [0.1, 0.15) is 66.5 Å². The van der Waals surface area contributed by atoms with Crippen LogP contribution in [0, 0.1) is 0 Å². The molecule has 0 heterocycles. The normalized spacial score (nSPS) is 12.1. The maximum atomic E-state index is 12.4. The summed E-state index contributed by atoms with van der Waals surface area (Å²) in [6.45, 7) is 14.6. The van der Waals surface area contributed by atoms with Gasteiger partial charge >= 0.3 is 12.2 Å². The second kappa shape index (κ2) is 9.10. The Hall–Kier alpha value is -3.22. The van der Waals surface area contributed by atoms with Gasteiger partial charge in [0.15, 0.2) is 0 Å². The van der Waals surface area contributed by atoms with Crippen molar-refractivity contribution in [3.63, 3.8) is 0 Å². The predicted molar refractivity (Wildman–Crippen MR) is 126 cm³/mol. The van der Waals surface area contributed by atoms with Crippen LogP contribution in [0.5, 0.6) is 5.75 Å². The molecule has 0 fully saturated rings. The van der Waals surface area contributed by atoms with Gasteiger partial charge in [-0.25, -0.2) is 9.59 Å². The SMILES string of the molecule is CC(C)(C)OC(=O)Nc1ccccc1C(C)(C)c1cccc(O)c1NC(=O)OC(C)(C)C. The number of amides is 2. The number of rotatable bonds is 4. The molecule has 0 saturated heterocycles. The van der Waals surface area contributed by atoms with E-state index in [0.29, 0.717) is 11.3 Å². The minimum Gasteiger partial charge on any atom is -0.506 e. The molecule has 0 radical (unpaired) electrons. The Morgan fingerprint density at radius 1 is 0.719 bits per heavy atom. The molecule has 0 aliphatic heterocycles. The molecule has 0 atom stereocenters. The first-order chi connectivity index (χ1) is 14.6. The van der Waals surface area contributed by atoms with Crippen molar-refractivity contribution >= 4 is 23.6 Å². The van der Waals surface area contributed by atoms with Gasteiger partial charge in [0.2, 0.25) is 0 Å². The van der Waals surface area contributed by atoms with E-state index in [1.165, 1.54) is 6.07 Å². The fourth-order valence-electron chi connectivity index (χ4n) is 3.29. The Bertz CT molecular complexity index is 985. The molecule has 2 rings (SSSR count). The van der Waals surface area contributed by atoms with E-state index in [2.05, 4.69) is 10.6 Å². The predicted octanol–water partition coefficient (Wildman–Crippen LogP) is 6.41. The zero-order valence-electron chi connectivity index (χ0n) is 20.1. The molecule has 7 nitrogen and oxygen atoms in total. The molecule has 0 aliphatic rings. The average Bonchev–Trinajstić information content (AvgIpc) is 2.60. The molecule has 0 spiro atoms. The molecule has 32 heavy (non-hydrogen) atoms. The topological polar surface area (TPSA) is 96.9 Å². The summed E-state index contributed by atoms with van der Waals surface area (Å²) in [5.74, 6) is -0.0842. The molecular weight excluding hydrogens is 408 g/mol. The highest BCUT2D eigenvalue weighted by molar-refractivity contribution is 5.90. The fourth-order valence-corrected chi connectivity index (χ4v) is 3.29. The fraction of sp³-hybridized carbons (Fsp3) is 0.440. The van der Waals surface area contributed by atoms with E-state index in [-0.39, 0.29) is 11.4 Å². The standard InChI is InChI=1S/C25H34N2O5/c1-23(2,3)31-21(29)26-18-14-10-9-12-16(18)25(7,8)17-13-11-15-19(28)20(17)27-22(30)32-24(4,5)6/h9-15,28H,1-8H3,(H,26,29)(H,27,30). The summed E-state index contributed by atoms with van der Waals surface area (Å²) < 4.78 is 10.8. The number of hydrogen-bond donors (Lipinski definition) is 3. The van der Waals surface area contributed by atoms with Crippen LogP contribution in [0.2, 0.25) is 0 Å². The maximum Gasteiger partial charge on any atom is 0.412 e. The van der Waals surface area contributed by atoms with Crippen LogP contribution in [0.25, 0.3) is 0 Å². The summed E-state index contributed by atoms with van der Waals surface area (Å²) in [5, 5.41) is 16.0. The van der Waals surface area contributed by atoms with Gasteiger partial charge in [-0.15, -0.1) is 0 Å². The molecule has 0 bridgehead atoms. The lowest BCUT2D eigenvalue weighted by molar-refractivity contribution is 0.0624. The van der Waals surface area contributed by atoms with Crippen molar-refractivity contribution in [1.82, 2.24) is 0 Å². The van der Waals surface area contributed by atoms with Crippen molar-refractivity contribution < 1.29 is 24.2 Å². The van der Waals surface area contributed by atoms with Gasteiger partial charge in [-0.2, -0.15) is 0 Å². The number of carbonyl (C=O) groups excluding carboxylic acids is 2. The van der Waals surface area contributed by atoms with E-state index < -0.39 is 28.8 Å². The zero-order chi connectivity index (χ0) is 24.3. The van der Waals surface area contributed by atoms with E-state index in [1.54, 1.807) is 53.7 Å². The Morgan fingerprint density at radius 3 is 1.78 bits per heavy atom. The number of benzene rings is 2. The van der Waals surface area contributed by atoms with Crippen molar-refractivity contribution in [3.05, 3.63) is 53.6 Å². The second-order valence-corrected chi connectivity index (χ2v) is 10.1. The second-order valence-electron chi connectivity index (χ2n) is 10.1. The molecule has 2 amide bonds. The van der Waals surface area contributed by atoms with Crippen molar-refractivity contribution in [2.75, 3.05) is 10.6 Å². The number of hydrogen-bond acceptors (Lipinski definition) is 5. The maximum absolute atomic E-state index is 12.4. The number of para-hydroxylation sites is 2. The van der Waals surface area contributed by atoms with E-state index in [1.807, 2.05) is 38.1 Å². The van der Waals surface area contributed by atoms with Crippen LogP contribution in [0.3, 0.4) is 0 Å². The van der Waals surface area contributed by atoms with Crippen molar-refractivity contribution in [2.24, 2.45) is 0 Å². The van der Waals surface area contributed by atoms with E-state index in [9.17, 15) is 14.7 Å². The van der Waals surface area contributed by atoms with Crippen molar-refractivity contribution in [3.8, 4) is 5.75 Å². The summed E-state index contributed by atoms with van der Waals surface area (Å²) in [6, 6.07) is 12.4. The number of phenols is 1. The molecule has 0 aliphatic carbocycles. The van der Waals surface area contributed by atoms with Gasteiger partial charge in [0, 0.05) is 11.1 Å². The third kappa shape index (κ3) is 6.64. The Balaban J connectivity index is 2.46. The average molecular weight is 443 g/mol. The lowest BCUT2D eigenvalue weighted by atomic mass is 9.76. The quantitative estimate of drug-likeness (QED) is 0.475. The summed E-state index contributed by atoms with van der Waals surface area (Å²) >= 11 is 0. The van der Waals surface area contributed by atoms with Crippen molar-refractivity contribution in [2.45, 2.75) is 72.0 Å². The van der Waals surface area contributed by atoms with Crippen LogP contribution in [0.15, 0.2) is 42.5 Å². The van der Waals surface area contributed by atoms with Crippen LogP contribution < -0.4 is 10.6 Å². The third-order valence-electron chi connectivity index (χ3n) is 4.58. The highest BCUT2D eigenvalue weighted by atomic mass is 16.6. The monoisotopic (exact) mass is 442 g/mol. The van der Waals surface area contributed by atoms with Crippen molar-refractivity contribution in [1.29, 1.82) is 0 Å². The number of aromatic hydroxyl groups is 1. The Labute approximate surface area is 190 Å². The molecule has 0 unspecified atom stereocenters. The van der Waals surface area contributed by atoms with Crippen LogP contribution in [-0.4, -0.2) is 28.5 Å². The number of phenolic OH excluding ortho intramolecular Hbond substituents is 1. The van der Waals surface area contributed by atoms with E-state index in [0.717, 1.165) is 5.56 Å². The number of carbonyl (C=O) groups is 2. The van der Waals surface area contributed by atoms with Crippen LogP contribution >= 0.6 is 0 Å². The summed E-state index contributed by atoms with van der Waals surface area (Å²) in [5.41, 5.74) is 0.218. The van der Waals surface area contributed by atoms with Gasteiger partial charge in [-0.3, -0.25) is 10.6 Å². The number of anilines is 2. The highest BCUT2D eigenvalue weighted by Gasteiger charge is 2.31. The van der Waals surface area contributed by atoms with Crippen LogP contribution in [-0.2, 0) is 14.9 Å². The minimum absolute atomic E-state index is 0.0842. The van der Waals surface area contributed by atoms with Gasteiger partial charge in [-0.05, 0) is 64.8 Å². The molecule has 0 saturated carbocycles. The lowest BCUT2D eigenvalue weighted by Gasteiger charge is -2.31. The number of ether oxygens (including phenoxy) is 2. The summed E-state index contributed by atoms with van der Waals surface area (Å²) in [7, 11) is 0. The first kappa shape index (κ1) is 25.0. The molecule has 2 aromatic carbocycles. The van der Waals surface area contributed by atoms with E-state index >= 15 is 0 Å². The Kier molecular flexibility index (Phi) is 7.13. The zero-order valence-corrected chi connectivity index (χ0v) is 20.1. The summed E-state index contributed by atoms with van der Waals surface area (Å²) in [4.78, 5) is 24.8. The first-order valence-corrected chi connectivity index (χ1v) is 10.5. The van der Waals surface area contributed by atoms with Gasteiger partial charge in [0.1, 0.15) is 17.0 Å². The van der Waals surface area contributed by atoms with Gasteiger partial charge < -0.3 is 14.6 Å². The highest BCUT2D eigenvalue weighted by Crippen LogP contribution is 2.42. The molecule has 7 heteroatoms. The van der Waals surface area contributed by atoms with Gasteiger partial charge in [0.05, 0.1) is 5.69 Å². The molecular formula is C25H34N2O5. The molecule has 3 N–H and O–H groups in total. The Morgan fingerprint density at radius 2 is 1.22 bits per heavy atom. The molecule has 0 aromatic heterocycles. The lowest BCUT2D eigenvalue weighted by Crippen LogP contribution is -2.30. The molecule has 174 valence electrons. The third-order valence-corrected chi connectivity index (χ3v) is 4.58. The van der Waals surface area contributed by atoms with E-state index in [4.69, 9.17) is 9.47 Å². The smallest absolute Gasteiger partial charge is 0.412 e. The molecule has 2 aromatic rings. The van der Waals surface area contributed by atoms with Gasteiger partial charge in [-0.1, -0.05) is 44.2 Å². The minimum atomic E-state index is -0.714. The van der Waals surface area contributed by atoms with Gasteiger partial charge in [0.25, 0.3) is 0 Å². The number of nitrogens with one attached hydrogen (secondary N) is 2. The summed E-state index contributed by atoms with van der Waals surface area (Å²) in [6.07, 6.45) is -1.24. The first-order valence-electron chi connectivity index (χ1n) is 10.5. The largest absolute Gasteiger partial charge is 0.506 e. The van der Waals surface area contributed by atoms with Crippen LogP contribution in [0.4, 0.5) is 21.0 Å².